The van der Waals surface area contributed by atoms with E-state index in [1.165, 1.54) is 19.1 Å². The van der Waals surface area contributed by atoms with Gasteiger partial charge in [-0.1, -0.05) is 0 Å². The Labute approximate surface area is 137 Å². The number of carbonyl (C=O) groups excluding carboxylic acids is 1. The minimum absolute atomic E-state index is 0. The van der Waals surface area contributed by atoms with E-state index >= 15 is 0 Å². The third-order valence-corrected chi connectivity index (χ3v) is 5.40. The quantitative estimate of drug-likeness (QED) is 0.730. The van der Waals surface area contributed by atoms with E-state index in [1.807, 2.05) is 6.92 Å². The summed E-state index contributed by atoms with van der Waals surface area (Å²) in [5.74, 6) is -0.823. The number of sulfone groups is 1. The van der Waals surface area contributed by atoms with Crippen LogP contribution in [0.25, 0.3) is 0 Å². The maximum atomic E-state index is 12.8. The van der Waals surface area contributed by atoms with Crippen molar-refractivity contribution in [2.75, 3.05) is 13.6 Å². The largest absolute Gasteiger partial charge is 0.355 e. The zero-order valence-corrected chi connectivity index (χ0v) is 14.4. The smallest absolute Gasteiger partial charge is 0.221 e. The highest BCUT2D eigenvalue weighted by atomic mass is 35.5. The molecular formula is C14H22ClFN2O3S. The monoisotopic (exact) mass is 352 g/mol. The van der Waals surface area contributed by atoms with Crippen LogP contribution in [-0.4, -0.2) is 39.2 Å². The molecule has 1 rings (SSSR count). The molecule has 0 aliphatic heterocycles. The second kappa shape index (κ2) is 9.07. The maximum Gasteiger partial charge on any atom is 0.221 e. The minimum Gasteiger partial charge on any atom is -0.355 e. The summed E-state index contributed by atoms with van der Waals surface area (Å²) in [6.07, 6.45) is -0.129. The van der Waals surface area contributed by atoms with Gasteiger partial charge in [0.05, 0.1) is 10.1 Å². The lowest BCUT2D eigenvalue weighted by atomic mass is 10.3. The molecule has 0 spiro atoms. The molecule has 126 valence electrons. The maximum absolute atomic E-state index is 12.8. The molecule has 5 nitrogen and oxygen atoms in total. The highest BCUT2D eigenvalue weighted by Crippen LogP contribution is 2.18. The number of rotatable bonds is 7. The molecule has 0 radical (unpaired) electrons. The second-order valence-electron chi connectivity index (χ2n) is 5.01. The van der Waals surface area contributed by atoms with Crippen molar-refractivity contribution >= 4 is 28.2 Å². The zero-order valence-electron chi connectivity index (χ0n) is 12.8. The fourth-order valence-corrected chi connectivity index (χ4v) is 3.02. The van der Waals surface area contributed by atoms with Gasteiger partial charge < -0.3 is 10.6 Å². The van der Waals surface area contributed by atoms with Crippen molar-refractivity contribution in [3.63, 3.8) is 0 Å². The third kappa shape index (κ3) is 5.90. The van der Waals surface area contributed by atoms with Crippen LogP contribution in [0.5, 0.6) is 0 Å². The summed E-state index contributed by atoms with van der Waals surface area (Å²) < 4.78 is 37.3. The highest BCUT2D eigenvalue weighted by molar-refractivity contribution is 7.92. The Kier molecular flexibility index (Phi) is 8.58. The van der Waals surface area contributed by atoms with Gasteiger partial charge in [-0.05, 0) is 45.2 Å². The fraction of sp³-hybridized carbons (Fsp3) is 0.500. The lowest BCUT2D eigenvalue weighted by molar-refractivity contribution is -0.121. The van der Waals surface area contributed by atoms with Gasteiger partial charge in [0, 0.05) is 19.0 Å². The molecular weight excluding hydrogens is 331 g/mol. The molecule has 1 amide bonds. The number of likely N-dealkylation sites (N-methyl/N-ethyl adjacent to an activating group) is 1. The van der Waals surface area contributed by atoms with Gasteiger partial charge in [-0.2, -0.15) is 0 Å². The molecule has 0 bridgehead atoms. The van der Waals surface area contributed by atoms with Crippen LogP contribution in [0.15, 0.2) is 29.2 Å². The second-order valence-corrected chi connectivity index (χ2v) is 7.37. The first-order valence-corrected chi connectivity index (χ1v) is 8.25. The number of carbonyl (C=O) groups is 1. The fourth-order valence-electron chi connectivity index (χ4n) is 1.67. The van der Waals surface area contributed by atoms with Crippen molar-refractivity contribution in [2.45, 2.75) is 36.5 Å². The Balaban J connectivity index is 0.00000441. The average molecular weight is 353 g/mol. The Hall–Kier alpha value is -1.18. The molecule has 22 heavy (non-hydrogen) atoms. The van der Waals surface area contributed by atoms with Gasteiger partial charge in [-0.25, -0.2) is 12.8 Å². The Morgan fingerprint density at radius 2 is 1.77 bits per heavy atom. The molecule has 0 aliphatic rings. The van der Waals surface area contributed by atoms with E-state index in [-0.39, 0.29) is 35.7 Å². The average Bonchev–Trinajstić information content (AvgIpc) is 2.45. The van der Waals surface area contributed by atoms with Crippen molar-refractivity contribution in [3.05, 3.63) is 30.1 Å². The number of hydrogen-bond acceptors (Lipinski definition) is 4. The highest BCUT2D eigenvalue weighted by Gasteiger charge is 2.25. The van der Waals surface area contributed by atoms with Gasteiger partial charge in [0.2, 0.25) is 5.91 Å². The van der Waals surface area contributed by atoms with E-state index in [0.717, 1.165) is 12.1 Å². The van der Waals surface area contributed by atoms with Crippen LogP contribution in [0.1, 0.15) is 20.3 Å². The van der Waals surface area contributed by atoms with Crippen molar-refractivity contribution in [1.29, 1.82) is 0 Å². The summed E-state index contributed by atoms with van der Waals surface area (Å²) in [5.41, 5.74) is 0. The van der Waals surface area contributed by atoms with Gasteiger partial charge >= 0.3 is 0 Å². The zero-order chi connectivity index (χ0) is 16.0. The van der Waals surface area contributed by atoms with Crippen LogP contribution in [0.4, 0.5) is 4.39 Å². The predicted molar refractivity (Wildman–Crippen MR) is 86.4 cm³/mol. The van der Waals surface area contributed by atoms with Crippen LogP contribution < -0.4 is 10.6 Å². The first-order valence-electron chi connectivity index (χ1n) is 6.70. The SMILES string of the molecule is CNC(C)CNC(=O)CC(C)S(=O)(=O)c1ccc(F)cc1.Cl. The van der Waals surface area contributed by atoms with Crippen LogP contribution in [0, 0.1) is 5.82 Å². The molecule has 0 saturated heterocycles. The molecule has 0 aromatic heterocycles. The van der Waals surface area contributed by atoms with Gasteiger partial charge in [-0.15, -0.1) is 12.4 Å². The predicted octanol–water partition coefficient (Wildman–Crippen LogP) is 1.52. The molecule has 2 atom stereocenters. The Bertz CT molecular complexity index is 578. The summed E-state index contributed by atoms with van der Waals surface area (Å²) in [6, 6.07) is 4.71. The number of benzene rings is 1. The molecule has 1 aromatic rings. The van der Waals surface area contributed by atoms with Gasteiger partial charge in [-0.3, -0.25) is 4.79 Å². The molecule has 0 fully saturated rings. The number of halogens is 2. The van der Waals surface area contributed by atoms with Gasteiger partial charge in [0.1, 0.15) is 5.82 Å². The number of nitrogens with one attached hydrogen (secondary N) is 2. The van der Waals surface area contributed by atoms with Crippen molar-refractivity contribution in [1.82, 2.24) is 10.6 Å². The molecule has 0 aliphatic carbocycles. The van der Waals surface area contributed by atoms with E-state index in [1.54, 1.807) is 7.05 Å². The first-order chi connectivity index (χ1) is 9.77. The van der Waals surface area contributed by atoms with E-state index < -0.39 is 20.9 Å². The van der Waals surface area contributed by atoms with Crippen molar-refractivity contribution in [2.24, 2.45) is 0 Å². The Morgan fingerprint density at radius 3 is 2.27 bits per heavy atom. The van der Waals surface area contributed by atoms with E-state index in [9.17, 15) is 17.6 Å². The summed E-state index contributed by atoms with van der Waals surface area (Å²) in [5, 5.41) is 4.77. The van der Waals surface area contributed by atoms with Crippen molar-refractivity contribution in [3.8, 4) is 0 Å². The number of amides is 1. The van der Waals surface area contributed by atoms with E-state index in [2.05, 4.69) is 10.6 Å². The third-order valence-electron chi connectivity index (χ3n) is 3.24. The topological polar surface area (TPSA) is 75.3 Å². The summed E-state index contributed by atoms with van der Waals surface area (Å²) in [7, 11) is -1.86. The van der Waals surface area contributed by atoms with Gasteiger partial charge in [0.15, 0.2) is 9.84 Å². The molecule has 0 saturated carbocycles. The van der Waals surface area contributed by atoms with E-state index in [0.29, 0.717) is 6.54 Å². The van der Waals surface area contributed by atoms with Crippen LogP contribution in [-0.2, 0) is 14.6 Å². The first kappa shape index (κ1) is 20.8. The lowest BCUT2D eigenvalue weighted by Crippen LogP contribution is -2.38. The summed E-state index contributed by atoms with van der Waals surface area (Å²) in [6.45, 7) is 3.80. The van der Waals surface area contributed by atoms with E-state index in [4.69, 9.17) is 0 Å². The molecule has 8 heteroatoms. The minimum atomic E-state index is -3.64. The summed E-state index contributed by atoms with van der Waals surface area (Å²) >= 11 is 0. The van der Waals surface area contributed by atoms with Crippen LogP contribution in [0.3, 0.4) is 0 Å². The standard InChI is InChI=1S/C14H21FN2O3S.ClH/c1-10(16-3)9-17-14(18)8-11(2)21(19,20)13-6-4-12(15)5-7-13;/h4-7,10-11,16H,8-9H2,1-3H3,(H,17,18);1H. The summed E-state index contributed by atoms with van der Waals surface area (Å²) in [4.78, 5) is 11.8. The molecule has 1 aromatic carbocycles. The Morgan fingerprint density at radius 1 is 1.23 bits per heavy atom. The van der Waals surface area contributed by atoms with Crippen LogP contribution >= 0.6 is 12.4 Å². The molecule has 2 unspecified atom stereocenters. The number of hydrogen-bond donors (Lipinski definition) is 2. The molecule has 0 heterocycles. The molecule has 2 N–H and O–H groups in total. The normalized spacial score (nSPS) is 13.8. The van der Waals surface area contributed by atoms with Crippen LogP contribution in [0.2, 0.25) is 0 Å². The van der Waals surface area contributed by atoms with Crippen molar-refractivity contribution < 1.29 is 17.6 Å². The van der Waals surface area contributed by atoms with Gasteiger partial charge in [0.25, 0.3) is 0 Å². The lowest BCUT2D eigenvalue weighted by Gasteiger charge is -2.15.